The first-order valence-electron chi connectivity index (χ1n) is 7.13. The first-order chi connectivity index (χ1) is 9.36. The fourth-order valence-electron chi connectivity index (χ4n) is 3.01. The second-order valence-electron chi connectivity index (χ2n) is 5.35. The van der Waals surface area contributed by atoms with Gasteiger partial charge in [-0.2, -0.15) is 5.10 Å². The number of aromatic nitrogens is 2. The summed E-state index contributed by atoms with van der Waals surface area (Å²) in [6, 6.07) is 12.0. The SMILES string of the molecule is OC(c1ccnn1-c1ccccc1)C1CCCCC1. The van der Waals surface area contributed by atoms with Crippen molar-refractivity contribution in [1.29, 1.82) is 0 Å². The Morgan fingerprint density at radius 1 is 1.05 bits per heavy atom. The maximum atomic E-state index is 10.6. The van der Waals surface area contributed by atoms with Crippen LogP contribution in [0, 0.1) is 5.92 Å². The van der Waals surface area contributed by atoms with Crippen LogP contribution in [0.2, 0.25) is 0 Å². The van der Waals surface area contributed by atoms with Crippen molar-refractivity contribution in [1.82, 2.24) is 9.78 Å². The molecule has 0 radical (unpaired) electrons. The predicted octanol–water partition coefficient (Wildman–Crippen LogP) is 3.49. The van der Waals surface area contributed by atoms with Crippen LogP contribution in [0.3, 0.4) is 0 Å². The summed E-state index contributed by atoms with van der Waals surface area (Å²) in [5, 5.41) is 15.0. The molecule has 1 N–H and O–H groups in total. The Hall–Kier alpha value is -1.61. The summed E-state index contributed by atoms with van der Waals surface area (Å²) in [6.07, 6.45) is 7.41. The summed E-state index contributed by atoms with van der Waals surface area (Å²) >= 11 is 0. The zero-order chi connectivity index (χ0) is 13.1. The molecule has 1 fully saturated rings. The Balaban J connectivity index is 1.87. The van der Waals surface area contributed by atoms with Gasteiger partial charge in [-0.3, -0.25) is 0 Å². The van der Waals surface area contributed by atoms with Crippen LogP contribution in [0.5, 0.6) is 0 Å². The standard InChI is InChI=1S/C16H20N2O/c19-16(13-7-3-1-4-8-13)15-11-12-17-18(15)14-9-5-2-6-10-14/h2,5-6,9-13,16,19H,1,3-4,7-8H2. The van der Waals surface area contributed by atoms with Gasteiger partial charge in [0, 0.05) is 6.20 Å². The van der Waals surface area contributed by atoms with E-state index in [0.717, 1.165) is 24.2 Å². The molecule has 0 amide bonds. The van der Waals surface area contributed by atoms with Crippen LogP contribution in [0.4, 0.5) is 0 Å². The van der Waals surface area contributed by atoms with Crippen LogP contribution < -0.4 is 0 Å². The number of rotatable bonds is 3. The lowest BCUT2D eigenvalue weighted by atomic mass is 9.84. The number of hydrogen-bond acceptors (Lipinski definition) is 2. The van der Waals surface area contributed by atoms with Crippen molar-refractivity contribution in [2.24, 2.45) is 5.92 Å². The lowest BCUT2D eigenvalue weighted by Crippen LogP contribution is -2.18. The average Bonchev–Trinajstić information content (AvgIpc) is 2.98. The fraction of sp³-hybridized carbons (Fsp3) is 0.438. The molecule has 3 nitrogen and oxygen atoms in total. The third-order valence-electron chi connectivity index (χ3n) is 4.07. The van der Waals surface area contributed by atoms with Gasteiger partial charge < -0.3 is 5.11 Å². The molecule has 1 heterocycles. The highest BCUT2D eigenvalue weighted by Gasteiger charge is 2.25. The minimum absolute atomic E-state index is 0.382. The van der Waals surface area contributed by atoms with E-state index in [1.54, 1.807) is 6.20 Å². The van der Waals surface area contributed by atoms with Gasteiger partial charge in [0.05, 0.1) is 17.5 Å². The third kappa shape index (κ3) is 2.56. The van der Waals surface area contributed by atoms with Crippen LogP contribution in [0.15, 0.2) is 42.6 Å². The molecule has 1 aromatic carbocycles. The highest BCUT2D eigenvalue weighted by molar-refractivity contribution is 5.32. The zero-order valence-corrected chi connectivity index (χ0v) is 11.1. The predicted molar refractivity (Wildman–Crippen MR) is 75.1 cm³/mol. The number of nitrogens with zero attached hydrogens (tertiary/aromatic N) is 2. The number of aliphatic hydroxyl groups excluding tert-OH is 1. The zero-order valence-electron chi connectivity index (χ0n) is 11.1. The Kier molecular flexibility index (Phi) is 3.65. The van der Waals surface area contributed by atoms with Crippen molar-refractivity contribution >= 4 is 0 Å². The van der Waals surface area contributed by atoms with Crippen LogP contribution in [-0.2, 0) is 0 Å². The van der Waals surface area contributed by atoms with Gasteiger partial charge in [0.2, 0.25) is 0 Å². The van der Waals surface area contributed by atoms with Crippen LogP contribution >= 0.6 is 0 Å². The number of aliphatic hydroxyl groups is 1. The van der Waals surface area contributed by atoms with Crippen LogP contribution in [0.1, 0.15) is 43.9 Å². The van der Waals surface area contributed by atoms with Crippen molar-refractivity contribution in [2.45, 2.75) is 38.2 Å². The quantitative estimate of drug-likeness (QED) is 0.913. The Morgan fingerprint density at radius 2 is 1.79 bits per heavy atom. The molecular formula is C16H20N2O. The maximum Gasteiger partial charge on any atom is 0.0989 e. The van der Waals surface area contributed by atoms with Gasteiger partial charge in [-0.1, -0.05) is 37.5 Å². The van der Waals surface area contributed by atoms with Crippen molar-refractivity contribution in [2.75, 3.05) is 0 Å². The number of para-hydroxylation sites is 1. The fourth-order valence-corrected chi connectivity index (χ4v) is 3.01. The Bertz CT molecular complexity index is 515. The smallest absolute Gasteiger partial charge is 0.0989 e. The van der Waals surface area contributed by atoms with Crippen molar-refractivity contribution in [3.8, 4) is 5.69 Å². The van der Waals surface area contributed by atoms with E-state index < -0.39 is 6.10 Å². The molecule has 0 spiro atoms. The van der Waals surface area contributed by atoms with Gasteiger partial charge in [0.15, 0.2) is 0 Å². The molecular weight excluding hydrogens is 236 g/mol. The summed E-state index contributed by atoms with van der Waals surface area (Å²) < 4.78 is 1.86. The van der Waals surface area contributed by atoms with Gasteiger partial charge in [0.25, 0.3) is 0 Å². The van der Waals surface area contributed by atoms with E-state index in [0.29, 0.717) is 5.92 Å². The highest BCUT2D eigenvalue weighted by atomic mass is 16.3. The minimum atomic E-state index is -0.400. The second-order valence-corrected chi connectivity index (χ2v) is 5.35. The van der Waals surface area contributed by atoms with Crippen LogP contribution in [0.25, 0.3) is 5.69 Å². The average molecular weight is 256 g/mol. The molecule has 100 valence electrons. The molecule has 1 atom stereocenters. The van der Waals surface area contributed by atoms with E-state index in [1.165, 1.54) is 19.3 Å². The number of hydrogen-bond donors (Lipinski definition) is 1. The summed E-state index contributed by atoms with van der Waals surface area (Å²) in [6.45, 7) is 0. The highest BCUT2D eigenvalue weighted by Crippen LogP contribution is 2.34. The van der Waals surface area contributed by atoms with E-state index in [1.807, 2.05) is 41.1 Å². The van der Waals surface area contributed by atoms with Crippen molar-refractivity contribution in [3.05, 3.63) is 48.3 Å². The van der Waals surface area contributed by atoms with Gasteiger partial charge in [-0.15, -0.1) is 0 Å². The summed E-state index contributed by atoms with van der Waals surface area (Å²) in [5.74, 6) is 0.382. The molecule has 1 aromatic heterocycles. The van der Waals surface area contributed by atoms with Crippen molar-refractivity contribution < 1.29 is 5.11 Å². The largest absolute Gasteiger partial charge is 0.387 e. The number of benzene rings is 1. The summed E-state index contributed by atoms with van der Waals surface area (Å²) in [7, 11) is 0. The molecule has 1 aliphatic carbocycles. The monoisotopic (exact) mass is 256 g/mol. The molecule has 1 aliphatic rings. The van der Waals surface area contributed by atoms with Crippen LogP contribution in [-0.4, -0.2) is 14.9 Å². The van der Waals surface area contributed by atoms with E-state index >= 15 is 0 Å². The maximum absolute atomic E-state index is 10.6. The topological polar surface area (TPSA) is 38.1 Å². The van der Waals surface area contributed by atoms with E-state index in [2.05, 4.69) is 5.10 Å². The van der Waals surface area contributed by atoms with Gasteiger partial charge in [-0.05, 0) is 37.0 Å². The summed E-state index contributed by atoms with van der Waals surface area (Å²) in [4.78, 5) is 0. The van der Waals surface area contributed by atoms with Gasteiger partial charge in [-0.25, -0.2) is 4.68 Å². The lowest BCUT2D eigenvalue weighted by Gasteiger charge is -2.27. The minimum Gasteiger partial charge on any atom is -0.387 e. The molecule has 3 rings (SSSR count). The molecule has 0 saturated heterocycles. The van der Waals surface area contributed by atoms with Gasteiger partial charge >= 0.3 is 0 Å². The molecule has 3 heteroatoms. The normalized spacial score (nSPS) is 18.4. The molecule has 2 aromatic rings. The Morgan fingerprint density at radius 3 is 2.53 bits per heavy atom. The van der Waals surface area contributed by atoms with E-state index in [-0.39, 0.29) is 0 Å². The van der Waals surface area contributed by atoms with E-state index in [9.17, 15) is 5.11 Å². The summed E-state index contributed by atoms with van der Waals surface area (Å²) in [5.41, 5.74) is 1.93. The molecule has 0 aliphatic heterocycles. The second kappa shape index (κ2) is 5.57. The molecule has 0 bridgehead atoms. The first-order valence-corrected chi connectivity index (χ1v) is 7.13. The lowest BCUT2D eigenvalue weighted by molar-refractivity contribution is 0.0790. The van der Waals surface area contributed by atoms with Crippen molar-refractivity contribution in [3.63, 3.8) is 0 Å². The molecule has 19 heavy (non-hydrogen) atoms. The van der Waals surface area contributed by atoms with Gasteiger partial charge in [0.1, 0.15) is 0 Å². The third-order valence-corrected chi connectivity index (χ3v) is 4.07. The molecule has 1 saturated carbocycles. The Labute approximate surface area is 113 Å². The first kappa shape index (κ1) is 12.4. The molecule has 1 unspecified atom stereocenters. The van der Waals surface area contributed by atoms with E-state index in [4.69, 9.17) is 0 Å².